The van der Waals surface area contributed by atoms with Gasteiger partial charge in [0.2, 0.25) is 0 Å². The number of rotatable bonds is 9. The zero-order valence-corrected chi connectivity index (χ0v) is 14.9. The van der Waals surface area contributed by atoms with Crippen LogP contribution in [0.25, 0.3) is 0 Å². The van der Waals surface area contributed by atoms with Crippen LogP contribution in [0, 0.1) is 0 Å². The van der Waals surface area contributed by atoms with Crippen molar-refractivity contribution in [2.75, 3.05) is 14.2 Å². The number of benzene rings is 2. The molecule has 132 valence electrons. The van der Waals surface area contributed by atoms with Crippen molar-refractivity contribution in [3.05, 3.63) is 65.7 Å². The van der Waals surface area contributed by atoms with E-state index in [1.807, 2.05) is 48.5 Å². The second-order valence-electron chi connectivity index (χ2n) is 5.72. The first-order valence-corrected chi connectivity index (χ1v) is 8.22. The van der Waals surface area contributed by atoms with Crippen LogP contribution < -0.4 is 14.2 Å². The molecule has 0 N–H and O–H groups in total. The number of methoxy groups -OCH3 is 2. The fourth-order valence-corrected chi connectivity index (χ4v) is 2.59. The first-order chi connectivity index (χ1) is 12.2. The highest BCUT2D eigenvalue weighted by molar-refractivity contribution is 5.64. The van der Waals surface area contributed by atoms with Gasteiger partial charge in [0.05, 0.1) is 14.2 Å². The maximum atomic E-state index is 10.5. The second-order valence-corrected chi connectivity index (χ2v) is 5.72. The number of aldehydes is 1. The molecule has 25 heavy (non-hydrogen) atoms. The van der Waals surface area contributed by atoms with Crippen LogP contribution in [0.5, 0.6) is 17.2 Å². The fraction of sp³-hybridized carbons (Fsp3) is 0.286. The maximum absolute atomic E-state index is 10.5. The van der Waals surface area contributed by atoms with Crippen LogP contribution in [0.3, 0.4) is 0 Å². The number of carbonyl (C=O) groups excluding carboxylic acids is 1. The molecule has 0 aliphatic rings. The summed E-state index contributed by atoms with van der Waals surface area (Å²) in [6.45, 7) is 2.56. The molecule has 0 aromatic heterocycles. The molecule has 0 aliphatic heterocycles. The molecular formula is C21H24O4. The van der Waals surface area contributed by atoms with E-state index in [4.69, 9.17) is 14.2 Å². The number of ether oxygens (including phenoxy) is 3. The lowest BCUT2D eigenvalue weighted by molar-refractivity contribution is -0.104. The quantitative estimate of drug-likeness (QED) is 0.497. The largest absolute Gasteiger partial charge is 0.493 e. The van der Waals surface area contributed by atoms with Crippen molar-refractivity contribution in [2.45, 2.75) is 25.9 Å². The van der Waals surface area contributed by atoms with Crippen LogP contribution in [0.15, 0.2) is 54.6 Å². The van der Waals surface area contributed by atoms with Crippen molar-refractivity contribution in [3.8, 4) is 17.2 Å². The van der Waals surface area contributed by atoms with Crippen molar-refractivity contribution in [1.82, 2.24) is 0 Å². The molecule has 2 rings (SSSR count). The molecule has 0 fully saturated rings. The molecule has 0 bridgehead atoms. The zero-order valence-electron chi connectivity index (χ0n) is 14.9. The van der Waals surface area contributed by atoms with Crippen LogP contribution in [-0.2, 0) is 11.4 Å². The first-order valence-electron chi connectivity index (χ1n) is 8.22. The minimum Gasteiger partial charge on any atom is -0.493 e. The first kappa shape index (κ1) is 18.6. The third-order valence-corrected chi connectivity index (χ3v) is 3.99. The Morgan fingerprint density at radius 3 is 2.32 bits per heavy atom. The summed E-state index contributed by atoms with van der Waals surface area (Å²) in [5.41, 5.74) is 2.11. The summed E-state index contributed by atoms with van der Waals surface area (Å²) in [5.74, 6) is 2.22. The third-order valence-electron chi connectivity index (χ3n) is 3.99. The van der Waals surface area contributed by atoms with E-state index in [2.05, 4.69) is 6.92 Å². The van der Waals surface area contributed by atoms with Gasteiger partial charge in [-0.3, -0.25) is 4.79 Å². The predicted molar refractivity (Wildman–Crippen MR) is 98.6 cm³/mol. The fourth-order valence-electron chi connectivity index (χ4n) is 2.59. The highest BCUT2D eigenvalue weighted by atomic mass is 16.5. The molecule has 0 saturated heterocycles. The smallest absolute Gasteiger partial charge is 0.164 e. The Kier molecular flexibility index (Phi) is 7.08. The molecule has 0 heterocycles. The molecule has 4 heteroatoms. The monoisotopic (exact) mass is 340 g/mol. The second kappa shape index (κ2) is 9.52. The van der Waals surface area contributed by atoms with Gasteiger partial charge < -0.3 is 14.2 Å². The van der Waals surface area contributed by atoms with Gasteiger partial charge in [-0.2, -0.15) is 0 Å². The summed E-state index contributed by atoms with van der Waals surface area (Å²) >= 11 is 0. The molecule has 1 unspecified atom stereocenters. The van der Waals surface area contributed by atoms with E-state index in [9.17, 15) is 4.79 Å². The molecule has 0 saturated carbocycles. The predicted octanol–water partition coefficient (Wildman–Crippen LogP) is 4.53. The molecule has 4 nitrogen and oxygen atoms in total. The lowest BCUT2D eigenvalue weighted by atomic mass is 9.96. The van der Waals surface area contributed by atoms with Gasteiger partial charge in [0.1, 0.15) is 18.6 Å². The topological polar surface area (TPSA) is 44.8 Å². The number of allylic oxidation sites excluding steroid dienone is 2. The van der Waals surface area contributed by atoms with Gasteiger partial charge >= 0.3 is 0 Å². The lowest BCUT2D eigenvalue weighted by Crippen LogP contribution is -2.03. The Hall–Kier alpha value is -2.75. The number of hydrogen-bond donors (Lipinski definition) is 0. The number of hydrogen-bond acceptors (Lipinski definition) is 4. The van der Waals surface area contributed by atoms with Crippen LogP contribution in [0.2, 0.25) is 0 Å². The van der Waals surface area contributed by atoms with E-state index in [0.717, 1.165) is 29.6 Å². The maximum Gasteiger partial charge on any atom is 0.164 e. The summed E-state index contributed by atoms with van der Waals surface area (Å²) in [6.07, 6.45) is 4.89. The van der Waals surface area contributed by atoms with Crippen molar-refractivity contribution in [1.29, 1.82) is 0 Å². The Morgan fingerprint density at radius 1 is 1.00 bits per heavy atom. The van der Waals surface area contributed by atoms with E-state index in [1.54, 1.807) is 14.2 Å². The standard InChI is InChI=1S/C21H24O4/c1-16(9-7-8-12-22)18-13-20(23-2)21(24-3)14-19(18)25-15-17-10-5-4-6-11-17/h4-8,10-14,16H,9,15H2,1-3H3/b8-7+. The molecule has 1 atom stereocenters. The zero-order chi connectivity index (χ0) is 18.1. The van der Waals surface area contributed by atoms with Gasteiger partial charge in [-0.1, -0.05) is 43.3 Å². The summed E-state index contributed by atoms with van der Waals surface area (Å²) in [6, 6.07) is 13.8. The van der Waals surface area contributed by atoms with Gasteiger partial charge in [-0.05, 0) is 30.0 Å². The van der Waals surface area contributed by atoms with Crippen molar-refractivity contribution in [3.63, 3.8) is 0 Å². The molecule has 0 radical (unpaired) electrons. The Labute approximate surface area is 149 Å². The molecule has 0 aliphatic carbocycles. The van der Waals surface area contributed by atoms with E-state index in [0.29, 0.717) is 18.1 Å². The summed E-state index contributed by atoms with van der Waals surface area (Å²) in [4.78, 5) is 10.5. The lowest BCUT2D eigenvalue weighted by Gasteiger charge is -2.19. The van der Waals surface area contributed by atoms with Crippen molar-refractivity contribution in [2.24, 2.45) is 0 Å². The summed E-state index contributed by atoms with van der Waals surface area (Å²) in [5, 5.41) is 0. The van der Waals surface area contributed by atoms with E-state index < -0.39 is 0 Å². The Bertz CT molecular complexity index is 707. The SMILES string of the molecule is COc1cc(OCc2ccccc2)c(C(C)C/C=C/C=O)cc1OC. The van der Waals surface area contributed by atoms with E-state index >= 15 is 0 Å². The summed E-state index contributed by atoms with van der Waals surface area (Å²) in [7, 11) is 3.22. The van der Waals surface area contributed by atoms with Crippen LogP contribution in [0.4, 0.5) is 0 Å². The van der Waals surface area contributed by atoms with Gasteiger partial charge in [-0.15, -0.1) is 0 Å². The van der Waals surface area contributed by atoms with E-state index in [-0.39, 0.29) is 5.92 Å². The van der Waals surface area contributed by atoms with Crippen LogP contribution in [0.1, 0.15) is 30.4 Å². The molecule has 0 spiro atoms. The minimum absolute atomic E-state index is 0.168. The molecule has 2 aromatic carbocycles. The van der Waals surface area contributed by atoms with E-state index in [1.165, 1.54) is 6.08 Å². The Balaban J connectivity index is 2.29. The molecular weight excluding hydrogens is 316 g/mol. The average molecular weight is 340 g/mol. The highest BCUT2D eigenvalue weighted by Crippen LogP contribution is 2.39. The van der Waals surface area contributed by atoms with Gasteiger partial charge in [0.15, 0.2) is 11.5 Å². The Morgan fingerprint density at radius 2 is 1.68 bits per heavy atom. The van der Waals surface area contributed by atoms with Crippen molar-refractivity contribution < 1.29 is 19.0 Å². The minimum atomic E-state index is 0.168. The van der Waals surface area contributed by atoms with Crippen molar-refractivity contribution >= 4 is 6.29 Å². The van der Waals surface area contributed by atoms with Gasteiger partial charge in [0, 0.05) is 11.6 Å². The molecule has 2 aromatic rings. The van der Waals surface area contributed by atoms with Crippen LogP contribution >= 0.6 is 0 Å². The third kappa shape index (κ3) is 5.11. The molecule has 0 amide bonds. The summed E-state index contributed by atoms with van der Waals surface area (Å²) < 4.78 is 16.9. The average Bonchev–Trinajstić information content (AvgIpc) is 2.66. The van der Waals surface area contributed by atoms with Crippen LogP contribution in [-0.4, -0.2) is 20.5 Å². The number of carbonyl (C=O) groups is 1. The van der Waals surface area contributed by atoms with Gasteiger partial charge in [-0.25, -0.2) is 0 Å². The highest BCUT2D eigenvalue weighted by Gasteiger charge is 2.17. The van der Waals surface area contributed by atoms with Gasteiger partial charge in [0.25, 0.3) is 0 Å². The normalized spacial score (nSPS) is 12.0.